The van der Waals surface area contributed by atoms with Crippen molar-refractivity contribution in [1.82, 2.24) is 10.6 Å². The quantitative estimate of drug-likeness (QED) is 0.866. The average Bonchev–Trinajstić information content (AvgIpc) is 2.59. The molecule has 0 aliphatic carbocycles. The van der Waals surface area contributed by atoms with E-state index in [1.807, 2.05) is 0 Å². The van der Waals surface area contributed by atoms with Crippen molar-refractivity contribution in [2.75, 3.05) is 6.54 Å². The van der Waals surface area contributed by atoms with E-state index in [2.05, 4.69) is 29.7 Å². The lowest BCUT2D eigenvalue weighted by Crippen LogP contribution is -2.52. The molecule has 1 atom stereocenters. The van der Waals surface area contributed by atoms with Crippen molar-refractivity contribution < 1.29 is 4.79 Å². The molecule has 1 saturated heterocycles. The van der Waals surface area contributed by atoms with E-state index in [1.54, 1.807) is 11.3 Å². The van der Waals surface area contributed by atoms with Crippen molar-refractivity contribution in [2.45, 2.75) is 32.4 Å². The molecule has 0 unspecified atom stereocenters. The summed E-state index contributed by atoms with van der Waals surface area (Å²) >= 11 is 1.78. The van der Waals surface area contributed by atoms with E-state index in [0.717, 1.165) is 19.4 Å². The number of carbonyl (C=O) groups is 1. The van der Waals surface area contributed by atoms with E-state index in [4.69, 9.17) is 0 Å². The molecule has 16 heavy (non-hydrogen) atoms. The Balaban J connectivity index is 0.00000128. The fraction of sp³-hybridized carbons (Fsp3) is 0.545. The van der Waals surface area contributed by atoms with Crippen molar-refractivity contribution in [2.24, 2.45) is 0 Å². The summed E-state index contributed by atoms with van der Waals surface area (Å²) in [5.41, 5.74) is 0. The molecule has 0 saturated carbocycles. The molecular weight excluding hydrogens is 244 g/mol. The molecule has 1 aliphatic rings. The van der Waals surface area contributed by atoms with Gasteiger partial charge in [0.15, 0.2) is 0 Å². The van der Waals surface area contributed by atoms with Gasteiger partial charge in [-0.05, 0) is 31.5 Å². The van der Waals surface area contributed by atoms with Crippen molar-refractivity contribution in [1.29, 1.82) is 0 Å². The SMILES string of the molecule is CCc1ccc(CNC(=O)[C@H]2CCN2)s1.Cl. The highest BCUT2D eigenvalue weighted by molar-refractivity contribution is 7.11. The van der Waals surface area contributed by atoms with Gasteiger partial charge in [0.2, 0.25) is 5.91 Å². The highest BCUT2D eigenvalue weighted by Crippen LogP contribution is 2.16. The van der Waals surface area contributed by atoms with Gasteiger partial charge in [-0.15, -0.1) is 23.7 Å². The number of amides is 1. The van der Waals surface area contributed by atoms with Gasteiger partial charge in [-0.2, -0.15) is 0 Å². The summed E-state index contributed by atoms with van der Waals surface area (Å²) in [5.74, 6) is 0.132. The van der Waals surface area contributed by atoms with Crippen LogP contribution in [0.15, 0.2) is 12.1 Å². The van der Waals surface area contributed by atoms with Crippen LogP contribution in [0.5, 0.6) is 0 Å². The second-order valence-electron chi connectivity index (χ2n) is 3.73. The van der Waals surface area contributed by atoms with Crippen LogP contribution in [0.4, 0.5) is 0 Å². The van der Waals surface area contributed by atoms with E-state index in [-0.39, 0.29) is 24.4 Å². The lowest BCUT2D eigenvalue weighted by Gasteiger charge is -2.26. The molecule has 2 rings (SSSR count). The first-order valence-corrected chi connectivity index (χ1v) is 6.20. The van der Waals surface area contributed by atoms with E-state index >= 15 is 0 Å². The normalized spacial score (nSPS) is 18.4. The monoisotopic (exact) mass is 260 g/mol. The maximum atomic E-state index is 11.5. The van der Waals surface area contributed by atoms with E-state index in [1.165, 1.54) is 9.75 Å². The van der Waals surface area contributed by atoms with Crippen LogP contribution in [-0.2, 0) is 17.8 Å². The lowest BCUT2D eigenvalue weighted by molar-refractivity contribution is -0.124. The molecule has 5 heteroatoms. The minimum atomic E-state index is 0. The lowest BCUT2D eigenvalue weighted by atomic mass is 10.1. The van der Waals surface area contributed by atoms with Gasteiger partial charge in [0.05, 0.1) is 12.6 Å². The van der Waals surface area contributed by atoms with Crippen LogP contribution in [0.1, 0.15) is 23.1 Å². The van der Waals surface area contributed by atoms with Crippen LogP contribution in [0.25, 0.3) is 0 Å². The molecule has 0 aromatic carbocycles. The van der Waals surface area contributed by atoms with Crippen molar-refractivity contribution >= 4 is 29.7 Å². The van der Waals surface area contributed by atoms with Gasteiger partial charge in [0.1, 0.15) is 0 Å². The first-order valence-electron chi connectivity index (χ1n) is 5.38. The highest BCUT2D eigenvalue weighted by atomic mass is 35.5. The third-order valence-electron chi connectivity index (χ3n) is 2.64. The predicted octanol–water partition coefficient (Wildman–Crippen LogP) is 1.71. The Morgan fingerprint density at radius 3 is 2.75 bits per heavy atom. The Morgan fingerprint density at radius 1 is 1.56 bits per heavy atom. The van der Waals surface area contributed by atoms with Gasteiger partial charge in [0, 0.05) is 9.75 Å². The summed E-state index contributed by atoms with van der Waals surface area (Å²) in [6.07, 6.45) is 2.04. The Kier molecular flexibility index (Phi) is 5.25. The summed E-state index contributed by atoms with van der Waals surface area (Å²) in [6, 6.07) is 4.28. The summed E-state index contributed by atoms with van der Waals surface area (Å²) in [7, 11) is 0. The summed E-state index contributed by atoms with van der Waals surface area (Å²) in [5, 5.41) is 6.04. The highest BCUT2D eigenvalue weighted by Gasteiger charge is 2.23. The third kappa shape index (κ3) is 3.20. The Bertz CT molecular complexity index is 350. The molecule has 1 aromatic rings. The maximum Gasteiger partial charge on any atom is 0.237 e. The molecule has 1 fully saturated rings. The van der Waals surface area contributed by atoms with Gasteiger partial charge in [0.25, 0.3) is 0 Å². The van der Waals surface area contributed by atoms with Crippen LogP contribution in [0, 0.1) is 0 Å². The van der Waals surface area contributed by atoms with Crippen LogP contribution in [0.3, 0.4) is 0 Å². The molecule has 90 valence electrons. The van der Waals surface area contributed by atoms with Crippen LogP contribution in [0.2, 0.25) is 0 Å². The number of hydrogen-bond donors (Lipinski definition) is 2. The van der Waals surface area contributed by atoms with Gasteiger partial charge in [-0.25, -0.2) is 0 Å². The number of halogens is 1. The van der Waals surface area contributed by atoms with Crippen LogP contribution >= 0.6 is 23.7 Å². The Hall–Kier alpha value is -0.580. The number of aryl methyl sites for hydroxylation is 1. The molecule has 2 N–H and O–H groups in total. The average molecular weight is 261 g/mol. The van der Waals surface area contributed by atoms with Crippen molar-refractivity contribution in [3.05, 3.63) is 21.9 Å². The Morgan fingerprint density at radius 2 is 2.25 bits per heavy atom. The number of hydrogen-bond acceptors (Lipinski definition) is 3. The molecule has 2 heterocycles. The maximum absolute atomic E-state index is 11.5. The fourth-order valence-corrected chi connectivity index (χ4v) is 2.41. The molecular formula is C11H17ClN2OS. The van der Waals surface area contributed by atoms with Crippen LogP contribution < -0.4 is 10.6 Å². The standard InChI is InChI=1S/C11H16N2OS.ClH/c1-2-8-3-4-9(15-8)7-13-11(14)10-5-6-12-10;/h3-4,10,12H,2,5-7H2,1H3,(H,13,14);1H/t10-;/m1./s1. The zero-order valence-electron chi connectivity index (χ0n) is 9.29. The van der Waals surface area contributed by atoms with E-state index in [0.29, 0.717) is 6.54 Å². The third-order valence-corrected chi connectivity index (χ3v) is 3.87. The van der Waals surface area contributed by atoms with Gasteiger partial charge >= 0.3 is 0 Å². The first-order chi connectivity index (χ1) is 7.29. The largest absolute Gasteiger partial charge is 0.350 e. The number of thiophene rings is 1. The fourth-order valence-electron chi connectivity index (χ4n) is 1.52. The van der Waals surface area contributed by atoms with E-state index in [9.17, 15) is 4.79 Å². The van der Waals surface area contributed by atoms with E-state index < -0.39 is 0 Å². The minimum absolute atomic E-state index is 0. The second kappa shape index (κ2) is 6.23. The number of nitrogens with one attached hydrogen (secondary N) is 2. The zero-order chi connectivity index (χ0) is 10.7. The smallest absolute Gasteiger partial charge is 0.237 e. The molecule has 1 aromatic heterocycles. The Labute approximate surface area is 106 Å². The van der Waals surface area contributed by atoms with Gasteiger partial charge < -0.3 is 10.6 Å². The van der Waals surface area contributed by atoms with Gasteiger partial charge in [-0.1, -0.05) is 6.92 Å². The van der Waals surface area contributed by atoms with Gasteiger partial charge in [-0.3, -0.25) is 4.79 Å². The van der Waals surface area contributed by atoms with Crippen molar-refractivity contribution in [3.63, 3.8) is 0 Å². The zero-order valence-corrected chi connectivity index (χ0v) is 10.9. The van der Waals surface area contributed by atoms with Crippen LogP contribution in [-0.4, -0.2) is 18.5 Å². The molecule has 0 radical (unpaired) electrons. The first kappa shape index (κ1) is 13.5. The summed E-state index contributed by atoms with van der Waals surface area (Å²) < 4.78 is 0. The number of rotatable bonds is 4. The van der Waals surface area contributed by atoms with Crippen molar-refractivity contribution in [3.8, 4) is 0 Å². The second-order valence-corrected chi connectivity index (χ2v) is 4.99. The minimum Gasteiger partial charge on any atom is -0.350 e. The summed E-state index contributed by atoms with van der Waals surface area (Å²) in [4.78, 5) is 14.1. The molecule has 1 amide bonds. The predicted molar refractivity (Wildman–Crippen MR) is 69.2 cm³/mol. The molecule has 3 nitrogen and oxygen atoms in total. The molecule has 0 bridgehead atoms. The topological polar surface area (TPSA) is 41.1 Å². The summed E-state index contributed by atoms with van der Waals surface area (Å²) in [6.45, 7) is 3.78. The number of carbonyl (C=O) groups excluding carboxylic acids is 1. The molecule has 0 spiro atoms. The molecule has 1 aliphatic heterocycles.